The van der Waals surface area contributed by atoms with Gasteiger partial charge >= 0.3 is 5.97 Å². The number of hydrogen-bond acceptors (Lipinski definition) is 3. The molecule has 0 unspecified atom stereocenters. The molecule has 0 heterocycles. The third-order valence-corrected chi connectivity index (χ3v) is 10.2. The van der Waals surface area contributed by atoms with Gasteiger partial charge in [-0.1, -0.05) is 138 Å². The van der Waals surface area contributed by atoms with Gasteiger partial charge in [0.2, 0.25) is 0 Å². The smallest absolute Gasteiger partial charge is 0.346 e. The summed E-state index contributed by atoms with van der Waals surface area (Å²) < 4.78 is 0. The Morgan fingerprint density at radius 1 is 0.673 bits per heavy atom. The van der Waals surface area contributed by atoms with E-state index >= 15 is 0 Å². The van der Waals surface area contributed by atoms with Crippen molar-refractivity contribution in [3.8, 4) is 17.2 Å². The van der Waals surface area contributed by atoms with Crippen LogP contribution in [-0.2, 0) is 10.2 Å². The maximum atomic E-state index is 11.8. The van der Waals surface area contributed by atoms with Gasteiger partial charge in [0.15, 0.2) is 0 Å². The van der Waals surface area contributed by atoms with Crippen molar-refractivity contribution in [1.29, 1.82) is 5.26 Å². The standard InChI is InChI=1S/C45H46N2O2/c1-3-5-7-14-26-45(27-15-8-6-4-2)42-29-33(28-36(32-46)44(48)49)20-24-40(42)41-25-23-39(31-43(41)45)47(37-18-10-9-11-19-37)38-22-21-34-16-12-13-17-35(34)30-38/h9-13,16-25,28-31H,3-8,14-15,26-27H2,1-2H3,(H,48,49). The highest BCUT2D eigenvalue weighted by molar-refractivity contribution is 5.97. The van der Waals surface area contributed by atoms with Gasteiger partial charge in [-0.05, 0) is 93.9 Å². The molecule has 1 N–H and O–H groups in total. The first kappa shape index (κ1) is 33.7. The molecule has 0 aromatic heterocycles. The predicted molar refractivity (Wildman–Crippen MR) is 204 cm³/mol. The Morgan fingerprint density at radius 3 is 1.92 bits per heavy atom. The summed E-state index contributed by atoms with van der Waals surface area (Å²) in [5.41, 5.74) is 8.74. The first-order valence-corrected chi connectivity index (χ1v) is 18.0. The Morgan fingerprint density at radius 2 is 1.27 bits per heavy atom. The van der Waals surface area contributed by atoms with E-state index in [0.29, 0.717) is 0 Å². The minimum absolute atomic E-state index is 0.215. The lowest BCUT2D eigenvalue weighted by atomic mass is 9.70. The molecule has 248 valence electrons. The largest absolute Gasteiger partial charge is 0.477 e. The number of nitriles is 1. The first-order chi connectivity index (χ1) is 24.0. The van der Waals surface area contributed by atoms with Crippen molar-refractivity contribution in [2.24, 2.45) is 0 Å². The Balaban J connectivity index is 1.54. The second-order valence-electron chi connectivity index (χ2n) is 13.4. The number of unbranched alkanes of at least 4 members (excludes halogenated alkanes) is 6. The van der Waals surface area contributed by atoms with Crippen molar-refractivity contribution < 1.29 is 9.90 Å². The number of para-hydroxylation sites is 1. The number of hydrogen-bond donors (Lipinski definition) is 1. The molecule has 0 radical (unpaired) electrons. The second kappa shape index (κ2) is 15.4. The Hall–Kier alpha value is -5.14. The fourth-order valence-corrected chi connectivity index (χ4v) is 7.75. The Kier molecular flexibility index (Phi) is 10.6. The van der Waals surface area contributed by atoms with Crippen LogP contribution in [0.15, 0.2) is 115 Å². The van der Waals surface area contributed by atoms with Crippen LogP contribution in [0.25, 0.3) is 28.0 Å². The molecule has 6 rings (SSSR count). The average molecular weight is 647 g/mol. The molecule has 5 aromatic carbocycles. The van der Waals surface area contributed by atoms with E-state index in [1.807, 2.05) is 12.1 Å². The summed E-state index contributed by atoms with van der Waals surface area (Å²) in [6.07, 6.45) is 13.0. The van der Waals surface area contributed by atoms with E-state index < -0.39 is 5.97 Å². The number of aliphatic carboxylic acids is 1. The molecule has 4 heteroatoms. The van der Waals surface area contributed by atoms with E-state index in [2.05, 4.69) is 122 Å². The average Bonchev–Trinajstić information content (AvgIpc) is 3.39. The first-order valence-electron chi connectivity index (χ1n) is 18.0. The van der Waals surface area contributed by atoms with Crippen molar-refractivity contribution in [3.05, 3.63) is 131 Å². The van der Waals surface area contributed by atoms with E-state index in [9.17, 15) is 15.2 Å². The zero-order valence-corrected chi connectivity index (χ0v) is 28.8. The van der Waals surface area contributed by atoms with E-state index in [1.165, 1.54) is 77.6 Å². The predicted octanol–water partition coefficient (Wildman–Crippen LogP) is 12.5. The fraction of sp³-hybridized carbons (Fsp3) is 0.289. The van der Waals surface area contributed by atoms with Crippen LogP contribution in [0.2, 0.25) is 0 Å². The number of fused-ring (bicyclic) bond motifs is 4. The van der Waals surface area contributed by atoms with Gasteiger partial charge in [-0.15, -0.1) is 0 Å². The van der Waals surface area contributed by atoms with Crippen molar-refractivity contribution in [2.45, 2.75) is 83.5 Å². The van der Waals surface area contributed by atoms with Crippen LogP contribution in [0, 0.1) is 11.3 Å². The zero-order valence-electron chi connectivity index (χ0n) is 28.8. The number of carboxylic acid groups (broad SMARTS) is 1. The number of carbonyl (C=O) groups is 1. The molecular formula is C45H46N2O2. The zero-order chi connectivity index (χ0) is 34.2. The third-order valence-electron chi connectivity index (χ3n) is 10.2. The molecule has 0 fully saturated rings. The topological polar surface area (TPSA) is 64.3 Å². The summed E-state index contributed by atoms with van der Waals surface area (Å²) in [4.78, 5) is 14.2. The van der Waals surface area contributed by atoms with Gasteiger partial charge < -0.3 is 10.0 Å². The third kappa shape index (κ3) is 7.03. The molecule has 0 aliphatic heterocycles. The molecule has 0 spiro atoms. The summed E-state index contributed by atoms with van der Waals surface area (Å²) >= 11 is 0. The maximum Gasteiger partial charge on any atom is 0.346 e. The molecule has 1 aliphatic rings. The van der Waals surface area contributed by atoms with Crippen LogP contribution in [0.4, 0.5) is 17.1 Å². The molecule has 0 saturated carbocycles. The van der Waals surface area contributed by atoms with Crippen molar-refractivity contribution in [3.63, 3.8) is 0 Å². The number of carboxylic acids is 1. The van der Waals surface area contributed by atoms with Gasteiger partial charge in [0.05, 0.1) is 0 Å². The highest BCUT2D eigenvalue weighted by Crippen LogP contribution is 2.56. The van der Waals surface area contributed by atoms with Gasteiger partial charge in [0.25, 0.3) is 0 Å². The van der Waals surface area contributed by atoms with Gasteiger partial charge in [-0.3, -0.25) is 0 Å². The molecule has 5 aromatic rings. The van der Waals surface area contributed by atoms with E-state index in [0.717, 1.165) is 48.3 Å². The van der Waals surface area contributed by atoms with Crippen LogP contribution < -0.4 is 4.90 Å². The minimum Gasteiger partial charge on any atom is -0.477 e. The van der Waals surface area contributed by atoms with E-state index in [-0.39, 0.29) is 11.0 Å². The SMILES string of the molecule is CCCCCCC1(CCCCCC)c2cc(C=C(C#N)C(=O)O)ccc2-c2ccc(N(c3ccccc3)c3ccc4ccccc4c3)cc21. The maximum absolute atomic E-state index is 11.8. The van der Waals surface area contributed by atoms with Gasteiger partial charge in [0.1, 0.15) is 11.6 Å². The monoisotopic (exact) mass is 646 g/mol. The Labute approximate surface area is 291 Å². The van der Waals surface area contributed by atoms with Crippen LogP contribution in [0.3, 0.4) is 0 Å². The minimum atomic E-state index is -1.20. The summed E-state index contributed by atoms with van der Waals surface area (Å²) in [6.45, 7) is 4.51. The van der Waals surface area contributed by atoms with E-state index in [4.69, 9.17) is 0 Å². The molecule has 49 heavy (non-hydrogen) atoms. The fourth-order valence-electron chi connectivity index (χ4n) is 7.75. The highest BCUT2D eigenvalue weighted by Gasteiger charge is 2.42. The molecule has 1 aliphatic carbocycles. The van der Waals surface area contributed by atoms with Crippen molar-refractivity contribution in [1.82, 2.24) is 0 Å². The normalized spacial score (nSPS) is 13.1. The van der Waals surface area contributed by atoms with Crippen LogP contribution in [-0.4, -0.2) is 11.1 Å². The molecular weight excluding hydrogens is 601 g/mol. The summed E-state index contributed by atoms with van der Waals surface area (Å²) in [5, 5.41) is 21.6. The summed E-state index contributed by atoms with van der Waals surface area (Å²) in [6, 6.07) is 41.0. The van der Waals surface area contributed by atoms with Gasteiger partial charge in [-0.25, -0.2) is 4.79 Å². The molecule has 4 nitrogen and oxygen atoms in total. The quantitative estimate of drug-likeness (QED) is 0.0698. The molecule has 0 atom stereocenters. The lowest BCUT2D eigenvalue weighted by molar-refractivity contribution is -0.132. The lowest BCUT2D eigenvalue weighted by Crippen LogP contribution is -2.26. The lowest BCUT2D eigenvalue weighted by Gasteiger charge is -2.34. The summed E-state index contributed by atoms with van der Waals surface area (Å²) in [7, 11) is 0. The number of anilines is 3. The molecule has 0 bridgehead atoms. The molecule has 0 amide bonds. The second-order valence-corrected chi connectivity index (χ2v) is 13.4. The van der Waals surface area contributed by atoms with Gasteiger partial charge in [-0.2, -0.15) is 5.26 Å². The molecule has 0 saturated heterocycles. The van der Waals surface area contributed by atoms with Crippen LogP contribution in [0.1, 0.15) is 94.7 Å². The van der Waals surface area contributed by atoms with Crippen molar-refractivity contribution in [2.75, 3.05) is 4.90 Å². The van der Waals surface area contributed by atoms with Crippen molar-refractivity contribution >= 4 is 39.9 Å². The number of rotatable bonds is 15. The highest BCUT2D eigenvalue weighted by atomic mass is 16.4. The Bertz CT molecular complexity index is 1990. The van der Waals surface area contributed by atoms with Crippen LogP contribution in [0.5, 0.6) is 0 Å². The van der Waals surface area contributed by atoms with Gasteiger partial charge in [0, 0.05) is 22.5 Å². The van der Waals surface area contributed by atoms with E-state index in [1.54, 1.807) is 0 Å². The summed E-state index contributed by atoms with van der Waals surface area (Å²) in [5.74, 6) is -1.20. The number of nitrogens with zero attached hydrogens (tertiary/aromatic N) is 2. The number of benzene rings is 5. The van der Waals surface area contributed by atoms with Crippen LogP contribution >= 0.6 is 0 Å².